The summed E-state index contributed by atoms with van der Waals surface area (Å²) in [5.74, 6) is 5.75. The van der Waals surface area contributed by atoms with Crippen LogP contribution >= 0.6 is 0 Å². The van der Waals surface area contributed by atoms with Gasteiger partial charge in [-0.1, -0.05) is 5.16 Å². The molecule has 0 fully saturated rings. The number of nitrogens with one attached hydrogen (secondary N) is 2. The van der Waals surface area contributed by atoms with E-state index < -0.39 is 0 Å². The Morgan fingerprint density at radius 2 is 2.28 bits per heavy atom. The number of nitrogen functional groups attached to an aromatic ring is 1. The summed E-state index contributed by atoms with van der Waals surface area (Å²) in [6, 6.07) is 6.98. The molecule has 0 bridgehead atoms. The molecule has 0 saturated heterocycles. The molecule has 0 aliphatic rings. The predicted octanol–water partition coefficient (Wildman–Crippen LogP) is 1.20. The Labute approximate surface area is 104 Å². The van der Waals surface area contributed by atoms with Gasteiger partial charge < -0.3 is 15.3 Å². The fourth-order valence-electron chi connectivity index (χ4n) is 1.60. The summed E-state index contributed by atoms with van der Waals surface area (Å²) >= 11 is 0. The van der Waals surface area contributed by atoms with Gasteiger partial charge in [-0.3, -0.25) is 10.6 Å². The number of benzene rings is 1. The van der Waals surface area contributed by atoms with E-state index >= 15 is 0 Å². The molecular weight excluding hydrogens is 232 g/mol. The van der Waals surface area contributed by atoms with Gasteiger partial charge >= 0.3 is 0 Å². The zero-order chi connectivity index (χ0) is 13.0. The van der Waals surface area contributed by atoms with Gasteiger partial charge in [0.1, 0.15) is 0 Å². The monoisotopic (exact) mass is 246 g/mol. The van der Waals surface area contributed by atoms with Crippen LogP contribution in [-0.4, -0.2) is 11.1 Å². The van der Waals surface area contributed by atoms with Crippen LogP contribution in [0.4, 0.5) is 5.69 Å². The van der Waals surface area contributed by atoms with Gasteiger partial charge in [-0.25, -0.2) is 0 Å². The number of nitrogens with zero attached hydrogens (tertiary/aromatic N) is 1. The first-order chi connectivity index (χ1) is 8.70. The zero-order valence-corrected chi connectivity index (χ0v) is 9.93. The molecule has 1 aromatic heterocycles. The van der Waals surface area contributed by atoms with Gasteiger partial charge in [0.05, 0.1) is 12.7 Å². The summed E-state index contributed by atoms with van der Waals surface area (Å²) in [4.78, 5) is 11.9. The van der Waals surface area contributed by atoms with E-state index in [9.17, 15) is 4.79 Å². The van der Waals surface area contributed by atoms with E-state index in [0.717, 1.165) is 11.3 Å². The fourth-order valence-corrected chi connectivity index (χ4v) is 1.60. The van der Waals surface area contributed by atoms with Crippen molar-refractivity contribution in [3.8, 4) is 0 Å². The van der Waals surface area contributed by atoms with Crippen molar-refractivity contribution >= 4 is 11.6 Å². The highest BCUT2D eigenvalue weighted by Gasteiger charge is 2.09. The summed E-state index contributed by atoms with van der Waals surface area (Å²) in [7, 11) is 0. The summed E-state index contributed by atoms with van der Waals surface area (Å²) in [6.45, 7) is 2.17. The molecule has 0 unspecified atom stereocenters. The van der Waals surface area contributed by atoms with Crippen molar-refractivity contribution in [2.75, 3.05) is 5.43 Å². The Hall–Kier alpha value is -2.34. The minimum Gasteiger partial charge on any atom is -0.360 e. The predicted molar refractivity (Wildman–Crippen MR) is 66.7 cm³/mol. The van der Waals surface area contributed by atoms with Gasteiger partial charge in [-0.2, -0.15) is 0 Å². The first kappa shape index (κ1) is 12.1. The molecule has 94 valence electrons. The highest BCUT2D eigenvalue weighted by Crippen LogP contribution is 2.14. The normalized spacial score (nSPS) is 10.1. The number of hydrazine groups is 1. The lowest BCUT2D eigenvalue weighted by molar-refractivity contribution is 0.0946. The number of amides is 1. The van der Waals surface area contributed by atoms with Crippen molar-refractivity contribution < 1.29 is 9.32 Å². The van der Waals surface area contributed by atoms with E-state index in [1.165, 1.54) is 6.20 Å². The summed E-state index contributed by atoms with van der Waals surface area (Å²) in [5.41, 5.74) is 4.75. The number of carbonyl (C=O) groups is 1. The maximum atomic E-state index is 11.9. The first-order valence-corrected chi connectivity index (χ1v) is 5.45. The molecule has 0 spiro atoms. The fraction of sp³-hybridized carbons (Fsp3) is 0.167. The van der Waals surface area contributed by atoms with Gasteiger partial charge in [-0.15, -0.1) is 0 Å². The molecule has 0 aliphatic carbocycles. The lowest BCUT2D eigenvalue weighted by atomic mass is 10.1. The number of hydrogen-bond donors (Lipinski definition) is 3. The lowest BCUT2D eigenvalue weighted by Crippen LogP contribution is -2.23. The van der Waals surface area contributed by atoms with E-state index in [1.807, 2.05) is 13.0 Å². The second-order valence-electron chi connectivity index (χ2n) is 3.84. The molecule has 2 rings (SSSR count). The number of nitrogens with two attached hydrogens (primary N) is 1. The Morgan fingerprint density at radius 1 is 1.44 bits per heavy atom. The van der Waals surface area contributed by atoms with E-state index in [0.29, 0.717) is 17.9 Å². The smallest absolute Gasteiger partial charge is 0.251 e. The molecular formula is C12H14N4O2. The van der Waals surface area contributed by atoms with E-state index in [4.69, 9.17) is 10.4 Å². The van der Waals surface area contributed by atoms with E-state index in [2.05, 4.69) is 15.9 Å². The minimum absolute atomic E-state index is 0.160. The molecule has 0 radical (unpaired) electrons. The van der Waals surface area contributed by atoms with Gasteiger partial charge in [0, 0.05) is 17.3 Å². The van der Waals surface area contributed by atoms with Crippen LogP contribution < -0.4 is 16.6 Å². The molecule has 0 aliphatic heterocycles. The highest BCUT2D eigenvalue weighted by molar-refractivity contribution is 5.95. The number of hydrogen-bond acceptors (Lipinski definition) is 5. The number of aryl methyl sites for hydroxylation is 1. The SMILES string of the molecule is Cc1cc(NN)ccc1C(=O)NCc1ccno1. The Kier molecular flexibility index (Phi) is 3.59. The van der Waals surface area contributed by atoms with Gasteiger partial charge in [-0.05, 0) is 30.7 Å². The van der Waals surface area contributed by atoms with E-state index in [1.54, 1.807) is 18.2 Å². The average molecular weight is 246 g/mol. The Balaban J connectivity index is 2.04. The van der Waals surface area contributed by atoms with Gasteiger partial charge in [0.15, 0.2) is 5.76 Å². The second kappa shape index (κ2) is 5.33. The third kappa shape index (κ3) is 2.67. The zero-order valence-electron chi connectivity index (χ0n) is 9.93. The van der Waals surface area contributed by atoms with E-state index in [-0.39, 0.29) is 5.91 Å². The average Bonchev–Trinajstić information content (AvgIpc) is 2.88. The Morgan fingerprint density at radius 3 is 2.89 bits per heavy atom. The summed E-state index contributed by atoms with van der Waals surface area (Å²) < 4.78 is 4.90. The maximum absolute atomic E-state index is 11.9. The number of rotatable bonds is 4. The van der Waals surface area contributed by atoms with Crippen molar-refractivity contribution in [2.24, 2.45) is 5.84 Å². The first-order valence-electron chi connectivity index (χ1n) is 5.45. The molecule has 6 heteroatoms. The van der Waals surface area contributed by atoms with Crippen molar-refractivity contribution in [2.45, 2.75) is 13.5 Å². The molecule has 1 heterocycles. The topological polar surface area (TPSA) is 93.2 Å². The largest absolute Gasteiger partial charge is 0.360 e. The third-order valence-corrected chi connectivity index (χ3v) is 2.55. The number of anilines is 1. The molecule has 1 aromatic carbocycles. The second-order valence-corrected chi connectivity index (χ2v) is 3.84. The van der Waals surface area contributed by atoms with Crippen LogP contribution in [0.2, 0.25) is 0 Å². The quantitative estimate of drug-likeness (QED) is 0.556. The molecule has 2 aromatic rings. The van der Waals surface area contributed by atoms with Crippen molar-refractivity contribution in [1.82, 2.24) is 10.5 Å². The minimum atomic E-state index is -0.160. The molecule has 18 heavy (non-hydrogen) atoms. The molecule has 6 nitrogen and oxygen atoms in total. The van der Waals surface area contributed by atoms with Crippen LogP contribution in [-0.2, 0) is 6.54 Å². The molecule has 4 N–H and O–H groups in total. The van der Waals surface area contributed by atoms with Crippen LogP contribution in [0, 0.1) is 6.92 Å². The molecule has 0 atom stereocenters. The van der Waals surface area contributed by atoms with Crippen molar-refractivity contribution in [3.05, 3.63) is 47.3 Å². The Bertz CT molecular complexity index is 537. The van der Waals surface area contributed by atoms with Crippen LogP contribution in [0.5, 0.6) is 0 Å². The van der Waals surface area contributed by atoms with Gasteiger partial charge in [0.2, 0.25) is 0 Å². The lowest BCUT2D eigenvalue weighted by Gasteiger charge is -2.08. The van der Waals surface area contributed by atoms with Crippen LogP contribution in [0.25, 0.3) is 0 Å². The third-order valence-electron chi connectivity index (χ3n) is 2.55. The highest BCUT2D eigenvalue weighted by atomic mass is 16.5. The van der Waals surface area contributed by atoms with Crippen LogP contribution in [0.15, 0.2) is 35.0 Å². The van der Waals surface area contributed by atoms with Crippen molar-refractivity contribution in [1.29, 1.82) is 0 Å². The molecule has 0 saturated carbocycles. The van der Waals surface area contributed by atoms with Crippen LogP contribution in [0.1, 0.15) is 21.7 Å². The number of carbonyl (C=O) groups excluding carboxylic acids is 1. The standard InChI is InChI=1S/C12H14N4O2/c1-8-6-9(16-13)2-3-11(8)12(17)14-7-10-4-5-15-18-10/h2-6,16H,7,13H2,1H3,(H,14,17). The maximum Gasteiger partial charge on any atom is 0.251 e. The summed E-state index contributed by atoms with van der Waals surface area (Å²) in [5, 5.41) is 6.32. The molecule has 1 amide bonds. The van der Waals surface area contributed by atoms with Gasteiger partial charge in [0.25, 0.3) is 5.91 Å². The van der Waals surface area contributed by atoms with Crippen molar-refractivity contribution in [3.63, 3.8) is 0 Å². The summed E-state index contributed by atoms with van der Waals surface area (Å²) in [6.07, 6.45) is 1.54. The number of aromatic nitrogens is 1. The van der Waals surface area contributed by atoms with Crippen LogP contribution in [0.3, 0.4) is 0 Å².